The number of imidazole rings is 1. The highest BCUT2D eigenvalue weighted by Crippen LogP contribution is 2.28. The lowest BCUT2D eigenvalue weighted by atomic mass is 10.1. The highest BCUT2D eigenvalue weighted by atomic mass is 32.2. The number of methoxy groups -OCH3 is 1. The van der Waals surface area contributed by atoms with E-state index in [1.807, 2.05) is 6.07 Å². The molecule has 4 rings (SSSR count). The molecule has 0 saturated heterocycles. The lowest BCUT2D eigenvalue weighted by Gasteiger charge is -2.24. The number of carbonyl (C=O) groups excluding carboxylic acids is 3. The molecule has 0 aliphatic heterocycles. The van der Waals surface area contributed by atoms with Gasteiger partial charge in [-0.2, -0.15) is 4.98 Å². The molecule has 0 bridgehead atoms. The summed E-state index contributed by atoms with van der Waals surface area (Å²) in [6, 6.07) is 13.4. The minimum atomic E-state index is -1.82. The molecule has 0 aliphatic rings. The first-order valence-corrected chi connectivity index (χ1v) is 13.4. The molecule has 2 aromatic heterocycles. The van der Waals surface area contributed by atoms with Crippen molar-refractivity contribution in [1.82, 2.24) is 14.5 Å². The number of aromatic nitrogens is 3. The summed E-state index contributed by atoms with van der Waals surface area (Å²) in [6.07, 6.45) is 2.32. The van der Waals surface area contributed by atoms with Gasteiger partial charge in [-0.25, -0.2) is 9.36 Å². The minimum Gasteiger partial charge on any atom is -0.609 e. The first kappa shape index (κ1) is 27.8. The maximum Gasteiger partial charge on any atom is 0.338 e. The topological polar surface area (TPSA) is 127 Å². The smallest absolute Gasteiger partial charge is 0.338 e. The quantitative estimate of drug-likeness (QED) is 0.173. The molecule has 0 radical (unpaired) electrons. The Morgan fingerprint density at radius 1 is 1.15 bits per heavy atom. The third-order valence-electron chi connectivity index (χ3n) is 6.21. The van der Waals surface area contributed by atoms with Crippen LogP contribution in [0.4, 0.5) is 10.5 Å². The van der Waals surface area contributed by atoms with Crippen molar-refractivity contribution in [3.05, 3.63) is 77.1 Å². The van der Waals surface area contributed by atoms with E-state index in [0.29, 0.717) is 39.3 Å². The average Bonchev–Trinajstić information content (AvgIpc) is 3.32. The summed E-state index contributed by atoms with van der Waals surface area (Å²) in [4.78, 5) is 47.5. The van der Waals surface area contributed by atoms with E-state index in [2.05, 4.69) is 9.97 Å². The SMILES string of the molecule is COc1ccc2c(c1)nc([S+]([O-])Cc1ncc(C)c(C=O)c1C)n2C(=O)N(CCOC(C)=O)c1ccccc1. The van der Waals surface area contributed by atoms with Gasteiger partial charge in [0.2, 0.25) is 0 Å². The van der Waals surface area contributed by atoms with Crippen molar-refractivity contribution in [2.75, 3.05) is 25.2 Å². The molecule has 11 heteroatoms. The molecule has 1 amide bonds. The molecule has 202 valence electrons. The van der Waals surface area contributed by atoms with Crippen LogP contribution in [0, 0.1) is 13.8 Å². The van der Waals surface area contributed by atoms with E-state index in [1.165, 1.54) is 23.5 Å². The Morgan fingerprint density at radius 2 is 1.90 bits per heavy atom. The molecule has 1 atom stereocenters. The Bertz CT molecular complexity index is 1520. The number of rotatable bonds is 9. The Kier molecular flexibility index (Phi) is 8.62. The minimum absolute atomic E-state index is 0.0195. The summed E-state index contributed by atoms with van der Waals surface area (Å²) >= 11 is -1.82. The van der Waals surface area contributed by atoms with Crippen molar-refractivity contribution in [2.24, 2.45) is 0 Å². The van der Waals surface area contributed by atoms with Crippen LogP contribution in [0.15, 0.2) is 59.9 Å². The van der Waals surface area contributed by atoms with Crippen LogP contribution < -0.4 is 9.64 Å². The molecule has 10 nitrogen and oxygen atoms in total. The van der Waals surface area contributed by atoms with Gasteiger partial charge in [-0.05, 0) is 49.2 Å². The van der Waals surface area contributed by atoms with Crippen LogP contribution in [-0.2, 0) is 26.5 Å². The number of pyridine rings is 1. The lowest BCUT2D eigenvalue weighted by molar-refractivity contribution is -0.140. The van der Waals surface area contributed by atoms with E-state index < -0.39 is 23.2 Å². The molecule has 0 saturated carbocycles. The predicted octanol–water partition coefficient (Wildman–Crippen LogP) is 4.21. The van der Waals surface area contributed by atoms with Crippen molar-refractivity contribution in [1.29, 1.82) is 0 Å². The van der Waals surface area contributed by atoms with E-state index >= 15 is 0 Å². The van der Waals surface area contributed by atoms with Gasteiger partial charge in [0.25, 0.3) is 0 Å². The molecule has 0 N–H and O–H groups in total. The van der Waals surface area contributed by atoms with Crippen LogP contribution in [0.5, 0.6) is 5.75 Å². The fourth-order valence-corrected chi connectivity index (χ4v) is 5.40. The number of hydrogen-bond donors (Lipinski definition) is 0. The Morgan fingerprint density at radius 3 is 2.56 bits per heavy atom. The van der Waals surface area contributed by atoms with E-state index in [4.69, 9.17) is 9.47 Å². The fourth-order valence-electron chi connectivity index (χ4n) is 4.15. The Balaban J connectivity index is 1.81. The van der Waals surface area contributed by atoms with E-state index in [0.717, 1.165) is 11.8 Å². The number of amides is 1. The van der Waals surface area contributed by atoms with Gasteiger partial charge < -0.3 is 14.0 Å². The zero-order valence-electron chi connectivity index (χ0n) is 22.0. The first-order valence-electron chi connectivity index (χ1n) is 12.1. The summed E-state index contributed by atoms with van der Waals surface area (Å²) < 4.78 is 25.5. The van der Waals surface area contributed by atoms with Crippen LogP contribution in [0.1, 0.15) is 34.1 Å². The van der Waals surface area contributed by atoms with Gasteiger partial charge in [0.1, 0.15) is 12.4 Å². The molecular weight excluding hydrogens is 520 g/mol. The summed E-state index contributed by atoms with van der Waals surface area (Å²) in [5.74, 6) is 0.00547. The second-order valence-electron chi connectivity index (χ2n) is 8.73. The zero-order valence-corrected chi connectivity index (χ0v) is 22.9. The molecule has 39 heavy (non-hydrogen) atoms. The fraction of sp³-hybridized carbons (Fsp3) is 0.250. The second kappa shape index (κ2) is 12.1. The molecule has 2 heterocycles. The van der Waals surface area contributed by atoms with Crippen molar-refractivity contribution in [3.63, 3.8) is 0 Å². The summed E-state index contributed by atoms with van der Waals surface area (Å²) in [7, 11) is 1.52. The monoisotopic (exact) mass is 548 g/mol. The number of aryl methyl sites for hydroxylation is 1. The molecule has 1 unspecified atom stereocenters. The third kappa shape index (κ3) is 5.94. The normalized spacial score (nSPS) is 11.7. The number of hydrogen-bond acceptors (Lipinski definition) is 8. The number of esters is 1. The molecule has 0 fully saturated rings. The average molecular weight is 549 g/mol. The number of fused-ring (bicyclic) bond motifs is 1. The number of nitrogens with zero attached hydrogens (tertiary/aromatic N) is 4. The molecule has 0 spiro atoms. The number of para-hydroxylation sites is 1. The van der Waals surface area contributed by atoms with Gasteiger partial charge in [-0.1, -0.05) is 18.2 Å². The van der Waals surface area contributed by atoms with Crippen LogP contribution in [0.3, 0.4) is 0 Å². The Labute approximate surface area is 228 Å². The van der Waals surface area contributed by atoms with Gasteiger partial charge in [-0.15, -0.1) is 0 Å². The van der Waals surface area contributed by atoms with Gasteiger partial charge in [0, 0.05) is 41.6 Å². The van der Waals surface area contributed by atoms with Crippen LogP contribution >= 0.6 is 0 Å². The van der Waals surface area contributed by atoms with Crippen LogP contribution in [-0.4, -0.2) is 57.6 Å². The molecular formula is C28H28N4O6S. The Hall–Kier alpha value is -4.22. The number of anilines is 1. The number of benzene rings is 2. The first-order chi connectivity index (χ1) is 18.7. The van der Waals surface area contributed by atoms with E-state index in [-0.39, 0.29) is 24.1 Å². The predicted molar refractivity (Wildman–Crippen MR) is 147 cm³/mol. The zero-order chi connectivity index (χ0) is 28.1. The van der Waals surface area contributed by atoms with Crippen LogP contribution in [0.2, 0.25) is 0 Å². The van der Waals surface area contributed by atoms with Crippen LogP contribution in [0.25, 0.3) is 11.0 Å². The maximum absolute atomic E-state index is 14.1. The highest BCUT2D eigenvalue weighted by Gasteiger charge is 2.31. The summed E-state index contributed by atoms with van der Waals surface area (Å²) in [5.41, 5.74) is 3.72. The number of carbonyl (C=O) groups is 3. The van der Waals surface area contributed by atoms with Crippen molar-refractivity contribution in [3.8, 4) is 5.75 Å². The van der Waals surface area contributed by atoms with Crippen molar-refractivity contribution < 1.29 is 28.4 Å². The van der Waals surface area contributed by atoms with Gasteiger partial charge in [0.15, 0.2) is 12.0 Å². The summed E-state index contributed by atoms with van der Waals surface area (Å²) in [6.45, 7) is 4.86. The van der Waals surface area contributed by atoms with Gasteiger partial charge >= 0.3 is 17.2 Å². The van der Waals surface area contributed by atoms with Gasteiger partial charge in [-0.3, -0.25) is 19.5 Å². The number of aldehydes is 1. The maximum atomic E-state index is 14.1. The van der Waals surface area contributed by atoms with Crippen molar-refractivity contribution >= 4 is 46.2 Å². The number of ether oxygens (including phenoxy) is 2. The standard InChI is InChI=1S/C28H28N4O6S/c1-18-15-29-25(19(2)23(18)16-33)17-39(36)27-30-24-14-22(37-4)10-11-26(24)32(27)28(35)31(12-13-38-20(3)34)21-8-6-5-7-9-21/h5-11,14-16H,12-13,17H2,1-4H3. The van der Waals surface area contributed by atoms with E-state index in [9.17, 15) is 18.9 Å². The van der Waals surface area contributed by atoms with Crippen molar-refractivity contribution in [2.45, 2.75) is 31.7 Å². The third-order valence-corrected chi connectivity index (χ3v) is 7.42. The second-order valence-corrected chi connectivity index (χ2v) is 10.1. The van der Waals surface area contributed by atoms with Gasteiger partial charge in [0.05, 0.1) is 30.4 Å². The highest BCUT2D eigenvalue weighted by molar-refractivity contribution is 7.90. The molecule has 2 aromatic carbocycles. The molecule has 0 aliphatic carbocycles. The lowest BCUT2D eigenvalue weighted by Crippen LogP contribution is -2.38. The van der Waals surface area contributed by atoms with E-state index in [1.54, 1.807) is 62.5 Å². The largest absolute Gasteiger partial charge is 0.609 e. The summed E-state index contributed by atoms with van der Waals surface area (Å²) in [5, 5.41) is 0.0195. The molecule has 4 aromatic rings.